The molecule has 0 heterocycles. The minimum absolute atomic E-state index is 0.404. The number of hydrogen-bond acceptors (Lipinski definition) is 5. The van der Waals surface area contributed by atoms with Crippen LogP contribution in [-0.2, 0) is 14.3 Å². The quantitative estimate of drug-likeness (QED) is 0.764. The monoisotopic (exact) mass is 363 g/mol. The molecule has 0 spiro atoms. The first-order valence-electron chi connectivity index (χ1n) is 7.50. The number of carbonyl (C=O) groups is 2. The first kappa shape index (κ1) is 18.6. The molecule has 6 nitrogen and oxygen atoms in total. The molecule has 0 aliphatic rings. The van der Waals surface area contributed by atoms with Crippen molar-refractivity contribution in [2.75, 3.05) is 19.0 Å². The first-order valence-corrected chi connectivity index (χ1v) is 7.88. The Morgan fingerprint density at radius 1 is 1.04 bits per heavy atom. The van der Waals surface area contributed by atoms with Crippen LogP contribution in [0.15, 0.2) is 48.5 Å². The van der Waals surface area contributed by atoms with Crippen molar-refractivity contribution in [2.24, 2.45) is 0 Å². The molecular weight excluding hydrogens is 346 g/mol. The lowest BCUT2D eigenvalue weighted by molar-refractivity contribution is -0.153. The van der Waals surface area contributed by atoms with Crippen molar-refractivity contribution in [1.82, 2.24) is 0 Å². The number of amides is 1. The van der Waals surface area contributed by atoms with Crippen LogP contribution in [-0.4, -0.2) is 31.7 Å². The van der Waals surface area contributed by atoms with E-state index in [4.69, 9.17) is 25.8 Å². The summed E-state index contributed by atoms with van der Waals surface area (Å²) in [6.45, 7) is 1.14. The average molecular weight is 364 g/mol. The number of nitrogens with one attached hydrogen (secondary N) is 1. The lowest BCUT2D eigenvalue weighted by Crippen LogP contribution is -2.29. The van der Waals surface area contributed by atoms with Crippen molar-refractivity contribution < 1.29 is 23.8 Å². The summed E-state index contributed by atoms with van der Waals surface area (Å²) in [6.07, 6.45) is -0.852. The van der Waals surface area contributed by atoms with E-state index in [0.717, 1.165) is 0 Å². The largest absolute Gasteiger partial charge is 0.497 e. The van der Waals surface area contributed by atoms with Crippen LogP contribution < -0.4 is 14.8 Å². The highest BCUT2D eigenvalue weighted by atomic mass is 35.5. The van der Waals surface area contributed by atoms with Gasteiger partial charge >= 0.3 is 5.97 Å². The van der Waals surface area contributed by atoms with E-state index in [1.54, 1.807) is 55.6 Å². The average Bonchev–Trinajstić information content (AvgIpc) is 2.62. The fourth-order valence-electron chi connectivity index (χ4n) is 1.89. The zero-order chi connectivity index (χ0) is 18.2. The van der Waals surface area contributed by atoms with Crippen LogP contribution >= 0.6 is 11.6 Å². The molecule has 1 amide bonds. The Morgan fingerprint density at radius 2 is 1.64 bits per heavy atom. The third kappa shape index (κ3) is 6.00. The van der Waals surface area contributed by atoms with E-state index in [1.807, 2.05) is 0 Å². The maximum absolute atomic E-state index is 11.9. The van der Waals surface area contributed by atoms with Gasteiger partial charge in [0.15, 0.2) is 12.7 Å². The first-order chi connectivity index (χ1) is 12.0. The highest BCUT2D eigenvalue weighted by Gasteiger charge is 2.18. The van der Waals surface area contributed by atoms with Crippen molar-refractivity contribution in [2.45, 2.75) is 13.0 Å². The lowest BCUT2D eigenvalue weighted by atomic mass is 10.3. The van der Waals surface area contributed by atoms with Crippen LogP contribution in [0.4, 0.5) is 5.69 Å². The maximum atomic E-state index is 11.9. The van der Waals surface area contributed by atoms with Gasteiger partial charge < -0.3 is 19.5 Å². The highest BCUT2D eigenvalue weighted by molar-refractivity contribution is 6.30. The zero-order valence-electron chi connectivity index (χ0n) is 13.8. The number of methoxy groups -OCH3 is 1. The second-order valence-corrected chi connectivity index (χ2v) is 5.53. The molecule has 0 fully saturated rings. The highest BCUT2D eigenvalue weighted by Crippen LogP contribution is 2.17. The normalized spacial score (nSPS) is 11.3. The van der Waals surface area contributed by atoms with E-state index in [9.17, 15) is 9.59 Å². The van der Waals surface area contributed by atoms with Crippen LogP contribution in [0.5, 0.6) is 11.5 Å². The summed E-state index contributed by atoms with van der Waals surface area (Å²) in [6, 6.07) is 13.4. The fourth-order valence-corrected chi connectivity index (χ4v) is 2.02. The minimum Gasteiger partial charge on any atom is -0.497 e. The van der Waals surface area contributed by atoms with Crippen LogP contribution in [0.2, 0.25) is 5.02 Å². The second-order valence-electron chi connectivity index (χ2n) is 5.10. The maximum Gasteiger partial charge on any atom is 0.347 e. The molecule has 0 bridgehead atoms. The number of benzene rings is 2. The molecule has 0 saturated heterocycles. The molecule has 2 aromatic rings. The smallest absolute Gasteiger partial charge is 0.347 e. The van der Waals surface area contributed by atoms with E-state index in [1.165, 1.54) is 6.92 Å². The van der Waals surface area contributed by atoms with Gasteiger partial charge in [-0.25, -0.2) is 4.79 Å². The molecule has 132 valence electrons. The fraction of sp³-hybridized carbons (Fsp3) is 0.222. The van der Waals surface area contributed by atoms with E-state index < -0.39 is 24.6 Å². The van der Waals surface area contributed by atoms with Crippen LogP contribution in [0, 0.1) is 0 Å². The van der Waals surface area contributed by atoms with E-state index in [-0.39, 0.29) is 0 Å². The van der Waals surface area contributed by atoms with Crippen molar-refractivity contribution in [3.05, 3.63) is 53.6 Å². The van der Waals surface area contributed by atoms with E-state index >= 15 is 0 Å². The van der Waals surface area contributed by atoms with Gasteiger partial charge in [0.25, 0.3) is 5.91 Å². The standard InChI is InChI=1S/C18H18ClNO5/c1-12(25-16-7-3-13(19)4-8-16)18(22)24-11-17(21)20-14-5-9-15(23-2)10-6-14/h3-10,12H,11H2,1-2H3,(H,20,21)/t12-/m0/s1. The predicted molar refractivity (Wildman–Crippen MR) is 94.1 cm³/mol. The molecule has 0 radical (unpaired) electrons. The molecule has 1 atom stereocenters. The molecule has 0 saturated carbocycles. The summed E-state index contributed by atoms with van der Waals surface area (Å²) >= 11 is 5.78. The van der Waals surface area contributed by atoms with Gasteiger partial charge in [0.2, 0.25) is 0 Å². The summed E-state index contributed by atoms with van der Waals surface area (Å²) in [5.41, 5.74) is 0.576. The SMILES string of the molecule is COc1ccc(NC(=O)COC(=O)[C@H](C)Oc2ccc(Cl)cc2)cc1. The third-order valence-corrected chi connectivity index (χ3v) is 3.43. The van der Waals surface area contributed by atoms with Gasteiger partial charge in [-0.2, -0.15) is 0 Å². The van der Waals surface area contributed by atoms with Gasteiger partial charge in [0.1, 0.15) is 11.5 Å². The molecular formula is C18H18ClNO5. The molecule has 2 aromatic carbocycles. The van der Waals surface area contributed by atoms with Crippen LogP contribution in [0.25, 0.3) is 0 Å². The Kier molecular flexibility index (Phi) is 6.65. The van der Waals surface area contributed by atoms with Crippen LogP contribution in [0.3, 0.4) is 0 Å². The molecule has 0 aliphatic carbocycles. The Hall–Kier alpha value is -2.73. The van der Waals surface area contributed by atoms with Crippen molar-refractivity contribution in [1.29, 1.82) is 0 Å². The Balaban J connectivity index is 1.77. The predicted octanol–water partition coefficient (Wildman–Crippen LogP) is 3.30. The topological polar surface area (TPSA) is 73.9 Å². The van der Waals surface area contributed by atoms with Crippen molar-refractivity contribution in [3.8, 4) is 11.5 Å². The number of hydrogen-bond donors (Lipinski definition) is 1. The Bertz CT molecular complexity index is 715. The van der Waals surface area contributed by atoms with Gasteiger partial charge in [0, 0.05) is 10.7 Å². The van der Waals surface area contributed by atoms with Gasteiger partial charge in [-0.3, -0.25) is 4.79 Å². The molecule has 1 N–H and O–H groups in total. The summed E-state index contributed by atoms with van der Waals surface area (Å²) in [5, 5.41) is 3.18. The molecule has 2 rings (SSSR count). The number of anilines is 1. The van der Waals surface area contributed by atoms with Gasteiger partial charge in [-0.15, -0.1) is 0 Å². The van der Waals surface area contributed by atoms with Crippen LogP contribution in [0.1, 0.15) is 6.92 Å². The van der Waals surface area contributed by atoms with Gasteiger partial charge in [-0.05, 0) is 55.5 Å². The Morgan fingerprint density at radius 3 is 2.24 bits per heavy atom. The Labute approximate surface area is 150 Å². The minimum atomic E-state index is -0.852. The van der Waals surface area contributed by atoms with Gasteiger partial charge in [0.05, 0.1) is 7.11 Å². The summed E-state index contributed by atoms with van der Waals surface area (Å²) in [4.78, 5) is 23.7. The van der Waals surface area contributed by atoms with Crippen molar-refractivity contribution in [3.63, 3.8) is 0 Å². The summed E-state index contributed by atoms with van der Waals surface area (Å²) in [7, 11) is 1.56. The summed E-state index contributed by atoms with van der Waals surface area (Å²) < 4.78 is 15.4. The molecule has 0 aliphatic heterocycles. The molecule has 0 aromatic heterocycles. The molecule has 0 unspecified atom stereocenters. The molecule has 7 heteroatoms. The third-order valence-electron chi connectivity index (χ3n) is 3.18. The number of ether oxygens (including phenoxy) is 3. The lowest BCUT2D eigenvalue weighted by Gasteiger charge is -2.14. The number of carbonyl (C=O) groups excluding carboxylic acids is 2. The zero-order valence-corrected chi connectivity index (χ0v) is 14.6. The number of rotatable bonds is 7. The number of halogens is 1. The van der Waals surface area contributed by atoms with E-state index in [0.29, 0.717) is 22.2 Å². The van der Waals surface area contributed by atoms with Gasteiger partial charge in [-0.1, -0.05) is 11.6 Å². The number of esters is 1. The van der Waals surface area contributed by atoms with Crippen molar-refractivity contribution >= 4 is 29.2 Å². The van der Waals surface area contributed by atoms with E-state index in [2.05, 4.69) is 5.32 Å². The second kappa shape index (κ2) is 8.94. The summed E-state index contributed by atoms with van der Waals surface area (Å²) in [5.74, 6) is 0.0752. The molecule has 25 heavy (non-hydrogen) atoms.